The summed E-state index contributed by atoms with van der Waals surface area (Å²) in [5.74, 6) is 1.53. The summed E-state index contributed by atoms with van der Waals surface area (Å²) in [5, 5.41) is 5.02. The second kappa shape index (κ2) is 9.55. The molecule has 0 saturated carbocycles. The van der Waals surface area contributed by atoms with Crippen LogP contribution in [0.3, 0.4) is 0 Å². The van der Waals surface area contributed by atoms with E-state index >= 15 is 0 Å². The number of benzene rings is 4. The van der Waals surface area contributed by atoms with Gasteiger partial charge < -0.3 is 4.42 Å². The highest BCUT2D eigenvalue weighted by Gasteiger charge is 2.10. The predicted octanol–water partition coefficient (Wildman–Crippen LogP) is 8.63. The van der Waals surface area contributed by atoms with Crippen LogP contribution < -0.4 is 0 Å². The van der Waals surface area contributed by atoms with Gasteiger partial charge in [0.15, 0.2) is 0 Å². The van der Waals surface area contributed by atoms with E-state index in [0.717, 1.165) is 22.7 Å². The highest BCUT2D eigenvalue weighted by Crippen LogP contribution is 2.30. The van der Waals surface area contributed by atoms with Crippen LogP contribution in [0.4, 0.5) is 0 Å². The molecule has 0 aliphatic rings. The molecule has 0 N–H and O–H groups in total. The van der Waals surface area contributed by atoms with Gasteiger partial charge >= 0.3 is 0 Å². The van der Waals surface area contributed by atoms with Gasteiger partial charge in [0.05, 0.1) is 11.9 Å². The first-order valence-corrected chi connectivity index (χ1v) is 11.8. The van der Waals surface area contributed by atoms with Crippen LogP contribution in [0.5, 0.6) is 0 Å². The minimum absolute atomic E-state index is 0.693. The highest BCUT2D eigenvalue weighted by atomic mass is 16.4. The van der Waals surface area contributed by atoms with Crippen LogP contribution >= 0.6 is 0 Å². The van der Waals surface area contributed by atoms with E-state index in [2.05, 4.69) is 103 Å². The lowest BCUT2D eigenvalue weighted by Gasteiger charge is -2.08. The Hall–Kier alpha value is -4.24. The highest BCUT2D eigenvalue weighted by molar-refractivity contribution is 5.98. The van der Waals surface area contributed by atoms with Gasteiger partial charge in [-0.1, -0.05) is 72.8 Å². The molecule has 0 spiro atoms. The Morgan fingerprint density at radius 1 is 0.543 bits per heavy atom. The molecule has 0 aliphatic carbocycles. The van der Waals surface area contributed by atoms with Crippen LogP contribution in [0.1, 0.15) is 22.6 Å². The van der Waals surface area contributed by atoms with Crippen molar-refractivity contribution in [2.45, 2.75) is 27.7 Å². The third-order valence-electron chi connectivity index (χ3n) is 6.30. The van der Waals surface area contributed by atoms with Crippen molar-refractivity contribution < 1.29 is 4.42 Å². The van der Waals surface area contributed by atoms with E-state index in [4.69, 9.17) is 4.42 Å². The normalized spacial score (nSPS) is 10.9. The van der Waals surface area contributed by atoms with E-state index in [1.165, 1.54) is 38.2 Å². The molecule has 0 saturated heterocycles. The van der Waals surface area contributed by atoms with Gasteiger partial charge in [0, 0.05) is 16.8 Å². The van der Waals surface area contributed by atoms with Gasteiger partial charge in [0.2, 0.25) is 5.89 Å². The zero-order valence-electron chi connectivity index (χ0n) is 20.5. The molecular formula is C32H28N2O. The second-order valence-electron chi connectivity index (χ2n) is 8.89. The summed E-state index contributed by atoms with van der Waals surface area (Å²) in [6.45, 7) is 8.20. The molecule has 0 aliphatic heterocycles. The van der Waals surface area contributed by atoms with Crippen molar-refractivity contribution in [3.05, 3.63) is 120 Å². The van der Waals surface area contributed by atoms with Crippen molar-refractivity contribution in [1.82, 2.24) is 9.97 Å². The van der Waals surface area contributed by atoms with Crippen molar-refractivity contribution in [3.63, 3.8) is 0 Å². The molecule has 0 amide bonds. The van der Waals surface area contributed by atoms with Crippen molar-refractivity contribution in [3.8, 4) is 22.7 Å². The minimum Gasteiger partial charge on any atom is -0.441 e. The molecule has 0 radical (unpaired) electrons. The molecule has 0 bridgehead atoms. The van der Waals surface area contributed by atoms with Crippen LogP contribution in [0, 0.1) is 27.7 Å². The molecule has 6 aromatic rings. The van der Waals surface area contributed by atoms with E-state index in [-0.39, 0.29) is 0 Å². The van der Waals surface area contributed by atoms with Crippen LogP contribution in [0.15, 0.2) is 102 Å². The molecule has 0 unspecified atom stereocenters. The molecule has 6 rings (SSSR count). The summed E-state index contributed by atoms with van der Waals surface area (Å²) >= 11 is 0. The van der Waals surface area contributed by atoms with Gasteiger partial charge in [-0.2, -0.15) is 0 Å². The number of oxazole rings is 1. The third kappa shape index (κ3) is 4.58. The van der Waals surface area contributed by atoms with Crippen LogP contribution in [0.25, 0.3) is 44.3 Å². The van der Waals surface area contributed by atoms with E-state index in [0.29, 0.717) is 5.89 Å². The Kier molecular flexibility index (Phi) is 6.15. The number of hydrogen-bond acceptors (Lipinski definition) is 3. The van der Waals surface area contributed by atoms with Crippen molar-refractivity contribution >= 4 is 21.5 Å². The van der Waals surface area contributed by atoms with Gasteiger partial charge in [-0.05, 0) is 78.6 Å². The summed E-state index contributed by atoms with van der Waals surface area (Å²) in [6, 6.07) is 31.5. The lowest BCUT2D eigenvalue weighted by Crippen LogP contribution is -1.88. The van der Waals surface area contributed by atoms with Crippen LogP contribution in [-0.2, 0) is 0 Å². The fraction of sp³-hybridized carbons (Fsp3) is 0.125. The van der Waals surface area contributed by atoms with Gasteiger partial charge in [0.1, 0.15) is 5.76 Å². The fourth-order valence-corrected chi connectivity index (χ4v) is 4.50. The van der Waals surface area contributed by atoms with E-state index in [1.54, 1.807) is 6.20 Å². The van der Waals surface area contributed by atoms with E-state index in [1.807, 2.05) is 26.0 Å². The molecule has 3 nitrogen and oxygen atoms in total. The molecule has 4 aromatic carbocycles. The van der Waals surface area contributed by atoms with E-state index < -0.39 is 0 Å². The number of aryl methyl sites for hydroxylation is 4. The largest absolute Gasteiger partial charge is 0.441 e. The average Bonchev–Trinajstić information content (AvgIpc) is 3.31. The standard InChI is InChI=1S/C17H15N.C15H13NO/c1-12-6-3-9-15-14(12)8-5-10-16(15)17-11-4-7-13(2)18-17;1-10-7-8-14(15-16-9-11(2)17-15)13-6-4-3-5-12(10)13/h3-11H,1-2H3;3-9H,1-2H3. The molecule has 35 heavy (non-hydrogen) atoms. The van der Waals surface area contributed by atoms with Gasteiger partial charge in [-0.15, -0.1) is 0 Å². The van der Waals surface area contributed by atoms with Gasteiger partial charge in [0.25, 0.3) is 0 Å². The lowest BCUT2D eigenvalue weighted by atomic mass is 9.98. The maximum absolute atomic E-state index is 5.61. The maximum Gasteiger partial charge on any atom is 0.226 e. The number of rotatable bonds is 2. The maximum atomic E-state index is 5.61. The molecule has 2 aromatic heterocycles. The van der Waals surface area contributed by atoms with E-state index in [9.17, 15) is 0 Å². The number of hydrogen-bond donors (Lipinski definition) is 0. The Morgan fingerprint density at radius 3 is 1.91 bits per heavy atom. The van der Waals surface area contributed by atoms with Crippen molar-refractivity contribution in [1.29, 1.82) is 0 Å². The number of fused-ring (bicyclic) bond motifs is 2. The summed E-state index contributed by atoms with van der Waals surface area (Å²) in [6.07, 6.45) is 1.75. The third-order valence-corrected chi connectivity index (χ3v) is 6.30. The average molecular weight is 457 g/mol. The SMILES string of the molecule is Cc1cccc(-c2cccc3c(C)cccc23)n1.Cc1cnc(-c2ccc(C)c3ccccc23)o1. The second-order valence-corrected chi connectivity index (χ2v) is 8.89. The molecular weight excluding hydrogens is 428 g/mol. The first kappa shape index (κ1) is 22.5. The number of aromatic nitrogens is 2. The first-order chi connectivity index (χ1) is 17.0. The van der Waals surface area contributed by atoms with Gasteiger partial charge in [-0.3, -0.25) is 4.98 Å². The Morgan fingerprint density at radius 2 is 1.17 bits per heavy atom. The smallest absolute Gasteiger partial charge is 0.226 e. The van der Waals surface area contributed by atoms with Crippen molar-refractivity contribution in [2.24, 2.45) is 0 Å². The molecule has 0 atom stereocenters. The fourth-order valence-electron chi connectivity index (χ4n) is 4.50. The zero-order chi connectivity index (χ0) is 24.4. The number of pyridine rings is 1. The Labute approximate surface area is 206 Å². The zero-order valence-corrected chi connectivity index (χ0v) is 20.5. The molecule has 3 heteroatoms. The first-order valence-electron chi connectivity index (χ1n) is 11.8. The summed E-state index contributed by atoms with van der Waals surface area (Å²) < 4.78 is 5.61. The summed E-state index contributed by atoms with van der Waals surface area (Å²) in [4.78, 5) is 8.92. The molecule has 2 heterocycles. The summed E-state index contributed by atoms with van der Waals surface area (Å²) in [5.41, 5.74) is 6.94. The van der Waals surface area contributed by atoms with Crippen LogP contribution in [-0.4, -0.2) is 9.97 Å². The topological polar surface area (TPSA) is 38.9 Å². The predicted molar refractivity (Wildman–Crippen MR) is 146 cm³/mol. The minimum atomic E-state index is 0.693. The molecule has 172 valence electrons. The van der Waals surface area contributed by atoms with Gasteiger partial charge in [-0.25, -0.2) is 4.98 Å². The van der Waals surface area contributed by atoms with Crippen molar-refractivity contribution in [2.75, 3.05) is 0 Å². The van der Waals surface area contributed by atoms with Crippen LogP contribution in [0.2, 0.25) is 0 Å². The number of nitrogens with zero attached hydrogens (tertiary/aromatic N) is 2. The monoisotopic (exact) mass is 456 g/mol. The lowest BCUT2D eigenvalue weighted by molar-refractivity contribution is 0.543. The Bertz CT molecular complexity index is 1650. The Balaban J connectivity index is 0.000000145. The summed E-state index contributed by atoms with van der Waals surface area (Å²) in [7, 11) is 0. The molecule has 0 fully saturated rings. The quantitative estimate of drug-likeness (QED) is 0.262.